The lowest BCUT2D eigenvalue weighted by Gasteiger charge is -2.16. The molecule has 1 saturated carbocycles. The van der Waals surface area contributed by atoms with E-state index < -0.39 is 11.7 Å². The van der Waals surface area contributed by atoms with E-state index in [1.807, 2.05) is 12.2 Å². The van der Waals surface area contributed by atoms with Gasteiger partial charge in [-0.1, -0.05) is 24.3 Å². The summed E-state index contributed by atoms with van der Waals surface area (Å²) in [6, 6.07) is 8.97. The first-order valence-electron chi connectivity index (χ1n) is 12.0. The molecule has 2 aliphatic carbocycles. The lowest BCUT2D eigenvalue weighted by Crippen LogP contribution is -2.28. The Morgan fingerprint density at radius 1 is 1.19 bits per heavy atom. The van der Waals surface area contributed by atoms with E-state index in [0.29, 0.717) is 34.7 Å². The number of ether oxygens (including phenoxy) is 2. The molecular formula is C28H26FN3O5. The van der Waals surface area contributed by atoms with Crippen LogP contribution in [0.4, 0.5) is 10.1 Å². The van der Waals surface area contributed by atoms with Gasteiger partial charge in [0, 0.05) is 11.3 Å². The smallest absolute Gasteiger partial charge is 0.262 e. The van der Waals surface area contributed by atoms with Gasteiger partial charge in [-0.25, -0.2) is 4.39 Å². The minimum Gasteiger partial charge on any atom is -0.493 e. The van der Waals surface area contributed by atoms with Gasteiger partial charge < -0.3 is 14.8 Å². The van der Waals surface area contributed by atoms with Gasteiger partial charge in [0.2, 0.25) is 0 Å². The van der Waals surface area contributed by atoms with Gasteiger partial charge in [0.25, 0.3) is 17.7 Å². The van der Waals surface area contributed by atoms with Gasteiger partial charge in [-0.2, -0.15) is 10.1 Å². The molecule has 4 atom stereocenters. The molecule has 3 amide bonds. The Morgan fingerprint density at radius 2 is 1.92 bits per heavy atom. The molecule has 8 nitrogen and oxygen atoms in total. The zero-order valence-electron chi connectivity index (χ0n) is 20.2. The van der Waals surface area contributed by atoms with Crippen molar-refractivity contribution in [3.05, 3.63) is 78.1 Å². The molecular weight excluding hydrogens is 477 g/mol. The molecule has 2 aromatic carbocycles. The summed E-state index contributed by atoms with van der Waals surface area (Å²) in [7, 11) is 1.46. The van der Waals surface area contributed by atoms with Gasteiger partial charge in [0.15, 0.2) is 18.1 Å². The van der Waals surface area contributed by atoms with E-state index in [0.717, 1.165) is 11.4 Å². The minimum atomic E-state index is -0.470. The predicted octanol–water partition coefficient (Wildman–Crippen LogP) is 3.72. The highest BCUT2D eigenvalue weighted by Crippen LogP contribution is 2.52. The summed E-state index contributed by atoms with van der Waals surface area (Å²) in [4.78, 5) is 38.2. The lowest BCUT2D eigenvalue weighted by atomic mass is 9.85. The van der Waals surface area contributed by atoms with Crippen molar-refractivity contribution < 1.29 is 28.2 Å². The van der Waals surface area contributed by atoms with E-state index in [9.17, 15) is 18.8 Å². The maximum Gasteiger partial charge on any atom is 0.262 e. The van der Waals surface area contributed by atoms with Crippen molar-refractivity contribution in [1.82, 2.24) is 5.01 Å². The zero-order chi connectivity index (χ0) is 26.1. The summed E-state index contributed by atoms with van der Waals surface area (Å²) in [5.41, 5.74) is 1.58. The fourth-order valence-electron chi connectivity index (χ4n) is 5.41. The molecule has 2 fully saturated rings. The molecule has 0 spiro atoms. The molecule has 9 heteroatoms. The maximum absolute atomic E-state index is 13.4. The quantitative estimate of drug-likeness (QED) is 0.320. The summed E-state index contributed by atoms with van der Waals surface area (Å²) < 4.78 is 24.6. The van der Waals surface area contributed by atoms with Crippen molar-refractivity contribution in [3.8, 4) is 11.5 Å². The van der Waals surface area contributed by atoms with Crippen LogP contribution < -0.4 is 14.8 Å². The molecule has 0 aromatic heterocycles. The number of carbonyl (C=O) groups is 3. The van der Waals surface area contributed by atoms with Crippen molar-refractivity contribution in [2.45, 2.75) is 12.8 Å². The fourth-order valence-corrected chi connectivity index (χ4v) is 5.41. The number of fused-ring (bicyclic) bond motifs is 5. The normalized spacial score (nSPS) is 23.6. The largest absolute Gasteiger partial charge is 0.493 e. The Kier molecular flexibility index (Phi) is 6.60. The van der Waals surface area contributed by atoms with Gasteiger partial charge in [0.05, 0.1) is 25.2 Å². The van der Waals surface area contributed by atoms with Gasteiger partial charge in [-0.15, -0.1) is 6.58 Å². The summed E-state index contributed by atoms with van der Waals surface area (Å²) in [6.07, 6.45) is 8.45. The number of benzene rings is 2. The van der Waals surface area contributed by atoms with Gasteiger partial charge >= 0.3 is 0 Å². The second kappa shape index (κ2) is 10.0. The number of rotatable bonds is 9. The monoisotopic (exact) mass is 503 g/mol. The SMILES string of the molecule is C=CCc1cc(C=NN2C(=O)[C@@H]3[C@H](C2=O)[C@H]2C=C[C@H]3C2)cc(OC)c1OCC(=O)Nc1cccc(F)c1. The number of halogens is 1. The van der Waals surface area contributed by atoms with Crippen LogP contribution in [0.25, 0.3) is 0 Å². The van der Waals surface area contributed by atoms with Crippen molar-refractivity contribution >= 4 is 29.6 Å². The van der Waals surface area contributed by atoms with Crippen LogP contribution in [-0.4, -0.2) is 42.7 Å². The number of nitrogens with one attached hydrogen (secondary N) is 1. The molecule has 1 heterocycles. The number of anilines is 1. The number of hydrogen-bond donors (Lipinski definition) is 1. The average molecular weight is 504 g/mol. The first-order valence-corrected chi connectivity index (χ1v) is 12.0. The summed E-state index contributed by atoms with van der Waals surface area (Å²) in [6.45, 7) is 3.44. The van der Waals surface area contributed by atoms with Crippen LogP contribution in [0.3, 0.4) is 0 Å². The van der Waals surface area contributed by atoms with Gasteiger partial charge in [0.1, 0.15) is 5.82 Å². The third-order valence-electron chi connectivity index (χ3n) is 6.96. The van der Waals surface area contributed by atoms with Gasteiger partial charge in [-0.05, 0) is 60.6 Å². The standard InChI is InChI=1S/C28H26FN3O5/c1-3-5-19-10-16(14-30-32-27(34)24-17-8-9-18(12-17)25(24)28(32)35)11-22(36-2)26(19)37-15-23(33)31-21-7-4-6-20(29)13-21/h3-4,6-11,13-14,17-18,24-25H,1,5,12,15H2,2H3,(H,31,33)/t17-,18-,24-,25+/m0/s1. The summed E-state index contributed by atoms with van der Waals surface area (Å²) in [5, 5.41) is 7.80. The Balaban J connectivity index is 1.32. The molecule has 2 aromatic rings. The van der Waals surface area contributed by atoms with E-state index in [1.165, 1.54) is 31.5 Å². The van der Waals surface area contributed by atoms with Crippen LogP contribution in [0, 0.1) is 29.5 Å². The lowest BCUT2D eigenvalue weighted by molar-refractivity contribution is -0.140. The first kappa shape index (κ1) is 24.4. The minimum absolute atomic E-state index is 0.112. The Bertz CT molecular complexity index is 1310. The van der Waals surface area contributed by atoms with E-state index in [4.69, 9.17) is 9.47 Å². The predicted molar refractivity (Wildman–Crippen MR) is 135 cm³/mol. The van der Waals surface area contributed by atoms with Gasteiger partial charge in [-0.3, -0.25) is 14.4 Å². The Hall–Kier alpha value is -4.27. The molecule has 1 aliphatic heterocycles. The van der Waals surface area contributed by atoms with Crippen LogP contribution in [0.1, 0.15) is 17.5 Å². The molecule has 1 saturated heterocycles. The highest BCUT2D eigenvalue weighted by atomic mass is 19.1. The van der Waals surface area contributed by atoms with Crippen LogP contribution in [0.15, 0.2) is 66.3 Å². The molecule has 1 N–H and O–H groups in total. The number of allylic oxidation sites excluding steroid dienone is 3. The fraction of sp³-hybridized carbons (Fsp3) is 0.286. The highest BCUT2D eigenvalue weighted by Gasteiger charge is 2.59. The third kappa shape index (κ3) is 4.64. The number of hydrazone groups is 1. The second-order valence-electron chi connectivity index (χ2n) is 9.28. The molecule has 190 valence electrons. The molecule has 3 aliphatic rings. The van der Waals surface area contributed by atoms with Crippen LogP contribution in [0.2, 0.25) is 0 Å². The van der Waals surface area contributed by atoms with E-state index in [2.05, 4.69) is 17.0 Å². The summed E-state index contributed by atoms with van der Waals surface area (Å²) in [5.74, 6) is -1.17. The maximum atomic E-state index is 13.4. The Labute approximate surface area is 213 Å². The molecule has 2 bridgehead atoms. The van der Waals surface area contributed by atoms with Crippen molar-refractivity contribution in [2.75, 3.05) is 19.0 Å². The van der Waals surface area contributed by atoms with Crippen molar-refractivity contribution in [3.63, 3.8) is 0 Å². The van der Waals surface area contributed by atoms with Crippen LogP contribution in [-0.2, 0) is 20.8 Å². The molecule has 37 heavy (non-hydrogen) atoms. The summed E-state index contributed by atoms with van der Waals surface area (Å²) >= 11 is 0. The Morgan fingerprint density at radius 3 is 2.57 bits per heavy atom. The average Bonchev–Trinajstić information content (AvgIpc) is 3.56. The molecule has 5 rings (SSSR count). The zero-order valence-corrected chi connectivity index (χ0v) is 20.2. The molecule has 0 unspecified atom stereocenters. The second-order valence-corrected chi connectivity index (χ2v) is 9.28. The van der Waals surface area contributed by atoms with Crippen molar-refractivity contribution in [1.29, 1.82) is 0 Å². The number of methoxy groups -OCH3 is 1. The highest BCUT2D eigenvalue weighted by molar-refractivity contribution is 6.06. The number of nitrogens with zero attached hydrogens (tertiary/aromatic N) is 2. The number of carbonyl (C=O) groups excluding carboxylic acids is 3. The number of amides is 3. The first-order chi connectivity index (χ1) is 17.9. The number of hydrogen-bond acceptors (Lipinski definition) is 6. The van der Waals surface area contributed by atoms with Crippen LogP contribution >= 0.6 is 0 Å². The van der Waals surface area contributed by atoms with Crippen molar-refractivity contribution in [2.24, 2.45) is 28.8 Å². The number of imide groups is 1. The van der Waals surface area contributed by atoms with E-state index in [-0.39, 0.29) is 42.1 Å². The topological polar surface area (TPSA) is 97.3 Å². The van der Waals surface area contributed by atoms with E-state index in [1.54, 1.807) is 24.3 Å². The molecule has 0 radical (unpaired) electrons. The third-order valence-corrected chi connectivity index (χ3v) is 6.96. The van der Waals surface area contributed by atoms with Crippen LogP contribution in [0.5, 0.6) is 11.5 Å². The van der Waals surface area contributed by atoms with E-state index >= 15 is 0 Å².